The van der Waals surface area contributed by atoms with Crippen molar-refractivity contribution in [1.82, 2.24) is 4.90 Å². The molecule has 1 heterocycles. The number of halogens is 1. The van der Waals surface area contributed by atoms with Gasteiger partial charge in [0.15, 0.2) is 0 Å². The van der Waals surface area contributed by atoms with Gasteiger partial charge in [0.25, 0.3) is 0 Å². The molecule has 0 aromatic heterocycles. The van der Waals surface area contributed by atoms with Crippen LogP contribution in [0.2, 0.25) is 5.02 Å². The van der Waals surface area contributed by atoms with Gasteiger partial charge in [-0.15, -0.1) is 0 Å². The number of amides is 2. The predicted molar refractivity (Wildman–Crippen MR) is 123 cm³/mol. The maximum absolute atomic E-state index is 13.2. The van der Waals surface area contributed by atoms with E-state index in [9.17, 15) is 9.59 Å². The van der Waals surface area contributed by atoms with Crippen LogP contribution in [0, 0.1) is 0 Å². The highest BCUT2D eigenvalue weighted by atomic mass is 35.5. The van der Waals surface area contributed by atoms with Gasteiger partial charge in [0.05, 0.1) is 6.42 Å². The number of anilines is 1. The van der Waals surface area contributed by atoms with Gasteiger partial charge in [-0.2, -0.15) is 0 Å². The minimum atomic E-state index is 0.0475. The smallest absolute Gasteiger partial charge is 0.227 e. The van der Waals surface area contributed by atoms with Crippen LogP contribution in [-0.2, 0) is 22.6 Å². The zero-order valence-corrected chi connectivity index (χ0v) is 18.5. The van der Waals surface area contributed by atoms with Crippen molar-refractivity contribution in [3.63, 3.8) is 0 Å². The van der Waals surface area contributed by atoms with Crippen molar-refractivity contribution >= 4 is 29.1 Å². The quantitative estimate of drug-likeness (QED) is 0.625. The molecular weight excluding hydrogens is 396 g/mol. The monoisotopic (exact) mass is 426 g/mol. The topological polar surface area (TPSA) is 40.6 Å². The summed E-state index contributed by atoms with van der Waals surface area (Å²) in [5.41, 5.74) is 2.78. The van der Waals surface area contributed by atoms with Crippen LogP contribution in [0.15, 0.2) is 48.5 Å². The molecule has 0 atom stereocenters. The highest BCUT2D eigenvalue weighted by molar-refractivity contribution is 6.31. The Balaban J connectivity index is 1.87. The van der Waals surface area contributed by atoms with Crippen molar-refractivity contribution < 1.29 is 9.59 Å². The summed E-state index contributed by atoms with van der Waals surface area (Å²) in [6.45, 7) is 3.57. The average molecular weight is 427 g/mol. The Hall–Kier alpha value is -2.33. The third-order valence-electron chi connectivity index (χ3n) is 5.74. The van der Waals surface area contributed by atoms with Crippen LogP contribution in [0.4, 0.5) is 5.69 Å². The lowest BCUT2D eigenvalue weighted by molar-refractivity contribution is -0.131. The lowest BCUT2D eigenvalue weighted by atomic mass is 10.1. The van der Waals surface area contributed by atoms with Gasteiger partial charge in [-0.25, -0.2) is 0 Å². The Morgan fingerprint density at radius 3 is 2.23 bits per heavy atom. The first-order valence-electron chi connectivity index (χ1n) is 10.9. The molecule has 0 radical (unpaired) electrons. The fraction of sp³-hybridized carbons (Fsp3) is 0.440. The molecule has 0 saturated carbocycles. The molecule has 0 unspecified atom stereocenters. The van der Waals surface area contributed by atoms with Gasteiger partial charge in [-0.05, 0) is 36.1 Å². The fourth-order valence-electron chi connectivity index (χ4n) is 4.05. The minimum absolute atomic E-state index is 0.0475. The molecule has 0 saturated heterocycles. The molecule has 0 aliphatic carbocycles. The van der Waals surface area contributed by atoms with Crippen molar-refractivity contribution in [2.24, 2.45) is 0 Å². The number of hydrogen-bond acceptors (Lipinski definition) is 2. The molecule has 2 aromatic rings. The van der Waals surface area contributed by atoms with Gasteiger partial charge in [0.2, 0.25) is 11.8 Å². The summed E-state index contributed by atoms with van der Waals surface area (Å²) < 4.78 is 0. The molecule has 1 aliphatic heterocycles. The number of para-hydroxylation sites is 1. The second-order valence-electron chi connectivity index (χ2n) is 8.00. The molecule has 3 rings (SSSR count). The first-order chi connectivity index (χ1) is 14.6. The third-order valence-corrected chi connectivity index (χ3v) is 6.10. The summed E-state index contributed by atoms with van der Waals surface area (Å²) in [6.07, 6.45) is 6.86. The van der Waals surface area contributed by atoms with Gasteiger partial charge in [0, 0.05) is 37.3 Å². The van der Waals surface area contributed by atoms with E-state index in [2.05, 4.69) is 0 Å². The molecule has 2 amide bonds. The molecule has 30 heavy (non-hydrogen) atoms. The summed E-state index contributed by atoms with van der Waals surface area (Å²) in [5.74, 6) is 0.119. The van der Waals surface area contributed by atoms with Gasteiger partial charge in [-0.3, -0.25) is 9.59 Å². The van der Waals surface area contributed by atoms with E-state index < -0.39 is 0 Å². The van der Waals surface area contributed by atoms with E-state index >= 15 is 0 Å². The Morgan fingerprint density at radius 1 is 0.867 bits per heavy atom. The minimum Gasteiger partial charge on any atom is -0.338 e. The van der Waals surface area contributed by atoms with Crippen molar-refractivity contribution in [3.8, 4) is 0 Å². The largest absolute Gasteiger partial charge is 0.338 e. The van der Waals surface area contributed by atoms with Crippen LogP contribution in [0.5, 0.6) is 0 Å². The number of nitrogens with zero attached hydrogens (tertiary/aromatic N) is 2. The van der Waals surface area contributed by atoms with Crippen molar-refractivity contribution in [3.05, 3.63) is 64.7 Å². The van der Waals surface area contributed by atoms with E-state index in [1.54, 1.807) is 6.92 Å². The third kappa shape index (κ3) is 6.09. The van der Waals surface area contributed by atoms with Crippen molar-refractivity contribution in [1.29, 1.82) is 0 Å². The molecule has 160 valence electrons. The number of hydrogen-bond donors (Lipinski definition) is 0. The molecule has 0 fully saturated rings. The number of benzene rings is 2. The standard InChI is InChI=1S/C25H31ClN2O2/c1-20(29)28-17-11-5-3-2-4-10-16-27(19-22-13-7-9-15-24(22)28)25(30)18-21-12-6-8-14-23(21)26/h6-9,12-15H,2-5,10-11,16-19H2,1H3. The van der Waals surface area contributed by atoms with E-state index in [0.717, 1.165) is 55.6 Å². The summed E-state index contributed by atoms with van der Waals surface area (Å²) >= 11 is 6.29. The first kappa shape index (κ1) is 22.4. The van der Waals surface area contributed by atoms with Crippen LogP contribution in [-0.4, -0.2) is 29.8 Å². The van der Waals surface area contributed by atoms with Crippen molar-refractivity contribution in [2.45, 2.75) is 58.4 Å². The number of carbonyl (C=O) groups excluding carboxylic acids is 2. The normalized spacial score (nSPS) is 16.1. The number of fused-ring (bicyclic) bond motifs is 1. The second-order valence-corrected chi connectivity index (χ2v) is 8.41. The second kappa shape index (κ2) is 11.2. The van der Waals surface area contributed by atoms with Crippen molar-refractivity contribution in [2.75, 3.05) is 18.0 Å². The summed E-state index contributed by atoms with van der Waals surface area (Å²) in [7, 11) is 0. The average Bonchev–Trinajstić information content (AvgIpc) is 2.75. The van der Waals surface area contributed by atoms with Crippen LogP contribution in [0.3, 0.4) is 0 Å². The van der Waals surface area contributed by atoms with Gasteiger partial charge in [0.1, 0.15) is 0 Å². The van der Waals surface area contributed by atoms with Gasteiger partial charge >= 0.3 is 0 Å². The Morgan fingerprint density at radius 2 is 1.50 bits per heavy atom. The molecular formula is C25H31ClN2O2. The fourth-order valence-corrected chi connectivity index (χ4v) is 4.25. The highest BCUT2D eigenvalue weighted by Gasteiger charge is 2.20. The number of carbonyl (C=O) groups is 2. The molecule has 0 N–H and O–H groups in total. The zero-order valence-electron chi connectivity index (χ0n) is 17.8. The van der Waals surface area contributed by atoms with E-state index in [1.807, 2.05) is 58.3 Å². The molecule has 1 aliphatic rings. The predicted octanol–water partition coefficient (Wildman–Crippen LogP) is 5.62. The summed E-state index contributed by atoms with van der Waals surface area (Å²) in [6, 6.07) is 15.5. The lowest BCUT2D eigenvalue weighted by Gasteiger charge is -2.28. The SMILES string of the molecule is CC(=O)N1CCCCCCCCN(C(=O)Cc2ccccc2Cl)Cc2ccccc21. The number of rotatable bonds is 2. The Labute approximate surface area is 184 Å². The lowest BCUT2D eigenvalue weighted by Crippen LogP contribution is -2.35. The molecule has 4 nitrogen and oxygen atoms in total. The van der Waals surface area contributed by atoms with Crippen LogP contribution in [0.25, 0.3) is 0 Å². The maximum Gasteiger partial charge on any atom is 0.227 e. The maximum atomic E-state index is 13.2. The summed E-state index contributed by atoms with van der Waals surface area (Å²) in [5, 5.41) is 0.625. The van der Waals surface area contributed by atoms with Crippen LogP contribution < -0.4 is 4.90 Å². The van der Waals surface area contributed by atoms with E-state index in [4.69, 9.17) is 11.6 Å². The van der Waals surface area contributed by atoms with E-state index in [-0.39, 0.29) is 18.2 Å². The van der Waals surface area contributed by atoms with Gasteiger partial charge < -0.3 is 9.80 Å². The molecule has 0 bridgehead atoms. The van der Waals surface area contributed by atoms with Crippen LogP contribution >= 0.6 is 11.6 Å². The molecule has 2 aromatic carbocycles. The molecule has 5 heteroatoms. The summed E-state index contributed by atoms with van der Waals surface area (Å²) in [4.78, 5) is 29.4. The van der Waals surface area contributed by atoms with Crippen LogP contribution in [0.1, 0.15) is 56.6 Å². The molecule has 0 spiro atoms. The van der Waals surface area contributed by atoms with E-state index in [1.165, 1.54) is 12.8 Å². The van der Waals surface area contributed by atoms with Gasteiger partial charge in [-0.1, -0.05) is 73.7 Å². The first-order valence-corrected chi connectivity index (χ1v) is 11.3. The van der Waals surface area contributed by atoms with E-state index in [0.29, 0.717) is 11.6 Å². The highest BCUT2D eigenvalue weighted by Crippen LogP contribution is 2.25. The Kier molecular flexibility index (Phi) is 8.32. The Bertz CT molecular complexity index is 868. The zero-order chi connectivity index (χ0) is 21.3.